The van der Waals surface area contributed by atoms with E-state index in [0.29, 0.717) is 6.42 Å². The summed E-state index contributed by atoms with van der Waals surface area (Å²) in [5, 5.41) is 17.6. The molecule has 0 aromatic carbocycles. The Hall–Kier alpha value is -1.17. The summed E-state index contributed by atoms with van der Waals surface area (Å²) in [6, 6.07) is 0. The number of hydrogen-bond acceptors (Lipinski definition) is 5. The minimum absolute atomic E-state index is 0.0443. The van der Waals surface area contributed by atoms with Crippen LogP contribution in [0.5, 0.6) is 0 Å². The Bertz CT molecular complexity index is 218. The van der Waals surface area contributed by atoms with Crippen LogP contribution < -0.4 is 5.43 Å². The molecule has 1 unspecified atom stereocenters. The van der Waals surface area contributed by atoms with Gasteiger partial charge in [-0.3, -0.25) is 4.79 Å². The highest BCUT2D eigenvalue weighted by atomic mass is 16.4. The van der Waals surface area contributed by atoms with Crippen molar-refractivity contribution in [3.8, 4) is 0 Å². The summed E-state index contributed by atoms with van der Waals surface area (Å²) in [5.74, 6) is -0.876. The minimum atomic E-state index is -0.876. The van der Waals surface area contributed by atoms with Gasteiger partial charge in [-0.2, -0.15) is 5.43 Å². The lowest BCUT2D eigenvalue weighted by atomic mass is 10.1. The molecule has 0 saturated carbocycles. The van der Waals surface area contributed by atoms with Gasteiger partial charge in [0.1, 0.15) is 0 Å². The lowest BCUT2D eigenvalue weighted by Crippen LogP contribution is -2.45. The summed E-state index contributed by atoms with van der Waals surface area (Å²) >= 11 is 0. The highest BCUT2D eigenvalue weighted by molar-refractivity contribution is 5.68. The fourth-order valence-corrected chi connectivity index (χ4v) is 1.10. The van der Waals surface area contributed by atoms with Gasteiger partial charge in [0.15, 0.2) is 5.66 Å². The van der Waals surface area contributed by atoms with Crippen molar-refractivity contribution in [2.45, 2.75) is 25.4 Å². The van der Waals surface area contributed by atoms with Crippen molar-refractivity contribution in [2.75, 3.05) is 7.05 Å². The number of carbonyl (C=O) groups is 1. The first-order chi connectivity index (χ1) is 5.58. The van der Waals surface area contributed by atoms with E-state index in [1.165, 1.54) is 5.12 Å². The standard InChI is InChI=1S/C6H12N4O2/c1-3-6(4-5(11)12)7-9-10(2)8-6/h8H,3-4H2,1-2H3,(H,11,12). The van der Waals surface area contributed by atoms with Crippen molar-refractivity contribution in [1.29, 1.82) is 0 Å². The maximum Gasteiger partial charge on any atom is 0.307 e. The van der Waals surface area contributed by atoms with Crippen LogP contribution in [0.3, 0.4) is 0 Å². The monoisotopic (exact) mass is 172 g/mol. The normalized spacial score (nSPS) is 28.0. The van der Waals surface area contributed by atoms with E-state index < -0.39 is 11.6 Å². The molecule has 0 aromatic heterocycles. The zero-order valence-electron chi connectivity index (χ0n) is 7.11. The smallest absolute Gasteiger partial charge is 0.307 e. The average Bonchev–Trinajstić information content (AvgIpc) is 2.32. The molecule has 0 amide bonds. The third kappa shape index (κ3) is 1.70. The summed E-state index contributed by atoms with van der Waals surface area (Å²) in [4.78, 5) is 10.5. The molecule has 0 spiro atoms. The molecule has 1 atom stereocenters. The molecule has 68 valence electrons. The minimum Gasteiger partial charge on any atom is -0.481 e. The van der Waals surface area contributed by atoms with E-state index in [2.05, 4.69) is 15.8 Å². The van der Waals surface area contributed by atoms with Gasteiger partial charge in [-0.1, -0.05) is 12.1 Å². The number of carboxylic acid groups (broad SMARTS) is 1. The van der Waals surface area contributed by atoms with E-state index in [1.807, 2.05) is 6.92 Å². The van der Waals surface area contributed by atoms with E-state index in [4.69, 9.17) is 5.11 Å². The molecule has 6 nitrogen and oxygen atoms in total. The molecule has 6 heteroatoms. The van der Waals surface area contributed by atoms with E-state index in [0.717, 1.165) is 0 Å². The van der Waals surface area contributed by atoms with Gasteiger partial charge >= 0.3 is 5.97 Å². The molecular weight excluding hydrogens is 160 g/mol. The van der Waals surface area contributed by atoms with Crippen LogP contribution in [0.1, 0.15) is 19.8 Å². The third-order valence-corrected chi connectivity index (χ3v) is 1.77. The predicted octanol–water partition coefficient (Wildman–Crippen LogP) is 0.385. The molecule has 1 aliphatic rings. The largest absolute Gasteiger partial charge is 0.481 e. The third-order valence-electron chi connectivity index (χ3n) is 1.77. The molecule has 0 radical (unpaired) electrons. The Morgan fingerprint density at radius 2 is 2.42 bits per heavy atom. The summed E-state index contributed by atoms with van der Waals surface area (Å²) < 4.78 is 0. The lowest BCUT2D eigenvalue weighted by Gasteiger charge is -2.21. The van der Waals surface area contributed by atoms with Crippen LogP contribution in [-0.2, 0) is 4.79 Å². The highest BCUT2D eigenvalue weighted by Gasteiger charge is 2.35. The van der Waals surface area contributed by atoms with Gasteiger partial charge in [0.2, 0.25) is 0 Å². The highest BCUT2D eigenvalue weighted by Crippen LogP contribution is 2.22. The lowest BCUT2D eigenvalue weighted by molar-refractivity contribution is -0.138. The first-order valence-corrected chi connectivity index (χ1v) is 3.74. The van der Waals surface area contributed by atoms with E-state index in [-0.39, 0.29) is 6.42 Å². The second kappa shape index (κ2) is 3.06. The van der Waals surface area contributed by atoms with Gasteiger partial charge in [0.05, 0.1) is 6.42 Å². The number of carboxylic acids is 1. The fourth-order valence-electron chi connectivity index (χ4n) is 1.10. The zero-order valence-corrected chi connectivity index (χ0v) is 7.11. The first kappa shape index (κ1) is 8.92. The van der Waals surface area contributed by atoms with Crippen LogP contribution in [0.4, 0.5) is 0 Å². The Labute approximate surface area is 70.2 Å². The Morgan fingerprint density at radius 1 is 1.75 bits per heavy atom. The fraction of sp³-hybridized carbons (Fsp3) is 0.833. The number of hydrogen-bond donors (Lipinski definition) is 2. The average molecular weight is 172 g/mol. The summed E-state index contributed by atoms with van der Waals surface area (Å²) in [7, 11) is 1.68. The van der Waals surface area contributed by atoms with Crippen molar-refractivity contribution in [2.24, 2.45) is 10.3 Å². The van der Waals surface area contributed by atoms with Crippen molar-refractivity contribution < 1.29 is 9.90 Å². The SMILES string of the molecule is CCC1(CC(=O)O)N=NN(C)N1. The van der Waals surface area contributed by atoms with Crippen LogP contribution in [-0.4, -0.2) is 28.9 Å². The molecule has 2 N–H and O–H groups in total. The van der Waals surface area contributed by atoms with Crippen LogP contribution in [0, 0.1) is 0 Å². The van der Waals surface area contributed by atoms with Crippen LogP contribution in [0.15, 0.2) is 10.3 Å². The number of hydrazine groups is 1. The van der Waals surface area contributed by atoms with Crippen molar-refractivity contribution >= 4 is 5.97 Å². The number of rotatable bonds is 3. The quantitative estimate of drug-likeness (QED) is 0.645. The van der Waals surface area contributed by atoms with Gasteiger partial charge in [-0.25, -0.2) is 5.12 Å². The van der Waals surface area contributed by atoms with Crippen molar-refractivity contribution in [3.63, 3.8) is 0 Å². The van der Waals surface area contributed by atoms with Crippen molar-refractivity contribution in [3.05, 3.63) is 0 Å². The van der Waals surface area contributed by atoms with Crippen LogP contribution >= 0.6 is 0 Å². The maximum absolute atomic E-state index is 10.5. The van der Waals surface area contributed by atoms with E-state index in [9.17, 15) is 4.79 Å². The molecular formula is C6H12N4O2. The summed E-state index contributed by atoms with van der Waals surface area (Å²) in [6.07, 6.45) is 0.560. The predicted molar refractivity (Wildman–Crippen MR) is 41.0 cm³/mol. The molecule has 0 bridgehead atoms. The summed E-state index contributed by atoms with van der Waals surface area (Å²) in [6.45, 7) is 1.87. The molecule has 1 rings (SSSR count). The van der Waals surface area contributed by atoms with Gasteiger partial charge in [-0.15, -0.1) is 5.11 Å². The number of aliphatic carboxylic acids is 1. The first-order valence-electron chi connectivity index (χ1n) is 3.74. The van der Waals surface area contributed by atoms with Gasteiger partial charge in [0, 0.05) is 7.05 Å². The second-order valence-electron chi connectivity index (χ2n) is 2.78. The van der Waals surface area contributed by atoms with Gasteiger partial charge < -0.3 is 5.11 Å². The Balaban J connectivity index is 2.66. The van der Waals surface area contributed by atoms with E-state index >= 15 is 0 Å². The maximum atomic E-state index is 10.5. The number of nitrogens with one attached hydrogen (secondary N) is 1. The van der Waals surface area contributed by atoms with Crippen molar-refractivity contribution in [1.82, 2.24) is 10.5 Å². The molecule has 12 heavy (non-hydrogen) atoms. The zero-order chi connectivity index (χ0) is 9.19. The second-order valence-corrected chi connectivity index (χ2v) is 2.78. The van der Waals surface area contributed by atoms with Crippen LogP contribution in [0.25, 0.3) is 0 Å². The molecule has 0 saturated heterocycles. The Morgan fingerprint density at radius 3 is 2.75 bits per heavy atom. The molecule has 0 aliphatic carbocycles. The molecule has 0 aromatic rings. The Kier molecular flexibility index (Phi) is 2.27. The van der Waals surface area contributed by atoms with Gasteiger partial charge in [-0.05, 0) is 6.42 Å². The molecule has 1 aliphatic heterocycles. The van der Waals surface area contributed by atoms with E-state index in [1.54, 1.807) is 7.05 Å². The van der Waals surface area contributed by atoms with Crippen LogP contribution in [0.2, 0.25) is 0 Å². The summed E-state index contributed by atoms with van der Waals surface area (Å²) in [5.41, 5.74) is 2.13. The number of nitrogens with zero attached hydrogens (tertiary/aromatic N) is 3. The van der Waals surface area contributed by atoms with Gasteiger partial charge in [0.25, 0.3) is 0 Å². The molecule has 0 fully saturated rings. The molecule has 1 heterocycles. The topological polar surface area (TPSA) is 77.3 Å².